The Morgan fingerprint density at radius 3 is 2.40 bits per heavy atom. The van der Waals surface area contributed by atoms with E-state index in [1.807, 2.05) is 74.2 Å². The second-order valence-corrected chi connectivity index (χ2v) is 12.1. The second-order valence-electron chi connectivity index (χ2n) is 10.3. The zero-order valence-corrected chi connectivity index (χ0v) is 21.3. The Kier molecular flexibility index (Phi) is 6.08. The fourth-order valence-electron chi connectivity index (χ4n) is 6.35. The maximum Gasteiger partial charge on any atom is 0.247 e. The van der Waals surface area contributed by atoms with Crippen LogP contribution < -0.4 is 0 Å². The van der Waals surface area contributed by atoms with Crippen molar-refractivity contribution >= 4 is 29.5 Å². The highest BCUT2D eigenvalue weighted by atomic mass is 32.2. The third-order valence-corrected chi connectivity index (χ3v) is 9.65. The first-order chi connectivity index (χ1) is 16.7. The van der Waals surface area contributed by atoms with Gasteiger partial charge in [-0.15, -0.1) is 11.8 Å². The number of rotatable bonds is 5. The Morgan fingerprint density at radius 1 is 1.00 bits per heavy atom. The van der Waals surface area contributed by atoms with Gasteiger partial charge in [0.05, 0.1) is 23.2 Å². The highest BCUT2D eigenvalue weighted by Gasteiger charge is 2.73. The van der Waals surface area contributed by atoms with E-state index in [0.717, 1.165) is 5.56 Å². The largest absolute Gasteiger partial charge is 0.395 e. The topological polar surface area (TPSA) is 81.2 Å². The average molecular weight is 496 g/mol. The fourth-order valence-corrected chi connectivity index (χ4v) is 8.51. The van der Waals surface area contributed by atoms with Crippen LogP contribution in [-0.4, -0.2) is 85.3 Å². The van der Waals surface area contributed by atoms with Gasteiger partial charge in [-0.2, -0.15) is 0 Å². The van der Waals surface area contributed by atoms with Gasteiger partial charge in [0, 0.05) is 37.0 Å². The van der Waals surface area contributed by atoms with E-state index in [1.54, 1.807) is 16.7 Å². The highest BCUT2D eigenvalue weighted by molar-refractivity contribution is 8.02. The van der Waals surface area contributed by atoms with Crippen LogP contribution in [0, 0.1) is 11.8 Å². The van der Waals surface area contributed by atoms with Gasteiger partial charge in [-0.25, -0.2) is 0 Å². The van der Waals surface area contributed by atoms with E-state index in [9.17, 15) is 19.5 Å². The van der Waals surface area contributed by atoms with Gasteiger partial charge in [0.2, 0.25) is 17.7 Å². The van der Waals surface area contributed by atoms with Crippen LogP contribution in [0.25, 0.3) is 0 Å². The summed E-state index contributed by atoms with van der Waals surface area (Å²) in [5.41, 5.74) is 1.04. The number of thioether (sulfide) groups is 1. The number of likely N-dealkylation sites (tertiary alicyclic amines) is 1. The van der Waals surface area contributed by atoms with Crippen molar-refractivity contribution in [1.29, 1.82) is 0 Å². The third kappa shape index (κ3) is 3.64. The molecule has 1 spiro atoms. The van der Waals surface area contributed by atoms with Gasteiger partial charge in [-0.3, -0.25) is 14.4 Å². The van der Waals surface area contributed by atoms with E-state index < -0.39 is 27.4 Å². The van der Waals surface area contributed by atoms with Gasteiger partial charge in [-0.1, -0.05) is 54.6 Å². The summed E-state index contributed by atoms with van der Waals surface area (Å²) in [6.45, 7) is 7.22. The Morgan fingerprint density at radius 2 is 1.71 bits per heavy atom. The van der Waals surface area contributed by atoms with Gasteiger partial charge < -0.3 is 19.8 Å². The van der Waals surface area contributed by atoms with Gasteiger partial charge >= 0.3 is 0 Å². The van der Waals surface area contributed by atoms with Gasteiger partial charge in [-0.05, 0) is 26.3 Å². The molecule has 2 fully saturated rings. The SMILES string of the molecule is CC(C)N1CC=C[C@]23S[C@]4(C)C=CCN(Cc5ccccc5)C(=O)[C@@H]4[C@H]2C(=O)N(CCO)C3C1=O. The molecule has 4 aliphatic heterocycles. The van der Waals surface area contributed by atoms with E-state index in [0.29, 0.717) is 19.6 Å². The monoisotopic (exact) mass is 495 g/mol. The van der Waals surface area contributed by atoms with E-state index >= 15 is 0 Å². The van der Waals surface area contributed by atoms with Crippen molar-refractivity contribution in [3.8, 4) is 0 Å². The van der Waals surface area contributed by atoms with Crippen molar-refractivity contribution in [3.63, 3.8) is 0 Å². The van der Waals surface area contributed by atoms with Crippen LogP contribution in [0.1, 0.15) is 26.3 Å². The number of aliphatic hydroxyl groups excluding tert-OH is 1. The summed E-state index contributed by atoms with van der Waals surface area (Å²) in [6, 6.07) is 9.09. The van der Waals surface area contributed by atoms with Crippen molar-refractivity contribution in [2.75, 3.05) is 26.2 Å². The molecule has 0 bridgehead atoms. The molecule has 4 aliphatic rings. The number of amides is 3. The molecule has 0 saturated carbocycles. The Hall–Kier alpha value is -2.58. The molecule has 1 aromatic rings. The van der Waals surface area contributed by atoms with E-state index in [2.05, 4.69) is 6.08 Å². The van der Waals surface area contributed by atoms with Gasteiger partial charge in [0.25, 0.3) is 0 Å². The molecule has 186 valence electrons. The molecule has 5 rings (SSSR count). The van der Waals surface area contributed by atoms with Gasteiger partial charge in [0.1, 0.15) is 6.04 Å². The lowest BCUT2D eigenvalue weighted by Crippen LogP contribution is -2.55. The minimum atomic E-state index is -0.859. The number of hydrogen-bond acceptors (Lipinski definition) is 5. The molecule has 1 unspecified atom stereocenters. The molecule has 5 atom stereocenters. The van der Waals surface area contributed by atoms with Crippen LogP contribution in [0.4, 0.5) is 0 Å². The predicted molar refractivity (Wildman–Crippen MR) is 135 cm³/mol. The first-order valence-electron chi connectivity index (χ1n) is 12.3. The number of β-amino-alcohol motifs (C(OH)–C–C–N with tert-alkyl or cyclic N) is 1. The number of aliphatic hydroxyl groups is 1. The highest BCUT2D eigenvalue weighted by Crippen LogP contribution is 2.65. The second kappa shape index (κ2) is 8.82. The van der Waals surface area contributed by atoms with Gasteiger partial charge in [0.15, 0.2) is 0 Å². The number of nitrogens with zero attached hydrogens (tertiary/aromatic N) is 3. The van der Waals surface area contributed by atoms with Crippen LogP contribution in [-0.2, 0) is 20.9 Å². The molecule has 3 amide bonds. The first kappa shape index (κ1) is 24.1. The average Bonchev–Trinajstić information content (AvgIpc) is 3.08. The smallest absolute Gasteiger partial charge is 0.247 e. The Balaban J connectivity index is 1.59. The van der Waals surface area contributed by atoms with E-state index in [4.69, 9.17) is 0 Å². The molecular weight excluding hydrogens is 462 g/mol. The molecule has 2 saturated heterocycles. The third-order valence-electron chi connectivity index (χ3n) is 7.85. The normalized spacial score (nSPS) is 34.3. The number of fused-ring (bicyclic) bond motifs is 2. The molecule has 0 radical (unpaired) electrons. The predicted octanol–water partition coefficient (Wildman–Crippen LogP) is 2.07. The molecule has 8 heteroatoms. The van der Waals surface area contributed by atoms with Crippen molar-refractivity contribution in [1.82, 2.24) is 14.7 Å². The summed E-state index contributed by atoms with van der Waals surface area (Å²) in [5, 5.41) is 9.78. The zero-order chi connectivity index (χ0) is 25.0. The summed E-state index contributed by atoms with van der Waals surface area (Å²) >= 11 is 1.58. The lowest BCUT2D eigenvalue weighted by atomic mass is 9.74. The lowest BCUT2D eigenvalue weighted by Gasteiger charge is -2.37. The summed E-state index contributed by atoms with van der Waals surface area (Å²) in [4.78, 5) is 47.2. The number of benzene rings is 1. The van der Waals surface area contributed by atoms with Crippen LogP contribution in [0.2, 0.25) is 0 Å². The first-order valence-corrected chi connectivity index (χ1v) is 13.2. The zero-order valence-electron chi connectivity index (χ0n) is 20.5. The summed E-state index contributed by atoms with van der Waals surface area (Å²) in [7, 11) is 0. The minimum Gasteiger partial charge on any atom is -0.395 e. The summed E-state index contributed by atoms with van der Waals surface area (Å²) in [6.07, 6.45) is 8.10. The van der Waals surface area contributed by atoms with Crippen molar-refractivity contribution in [2.45, 2.75) is 48.9 Å². The lowest BCUT2D eigenvalue weighted by molar-refractivity contribution is -0.145. The maximum atomic E-state index is 14.1. The summed E-state index contributed by atoms with van der Waals surface area (Å²) in [5.74, 6) is -1.65. The molecule has 0 aromatic heterocycles. The molecule has 1 aromatic carbocycles. The van der Waals surface area contributed by atoms with E-state index in [-0.39, 0.29) is 36.9 Å². The minimum absolute atomic E-state index is 0.0252. The number of carbonyl (C=O) groups excluding carboxylic acids is 3. The van der Waals surface area contributed by atoms with Crippen molar-refractivity contribution in [3.05, 3.63) is 60.2 Å². The molecule has 0 aliphatic carbocycles. The molecule has 35 heavy (non-hydrogen) atoms. The molecule has 7 nitrogen and oxygen atoms in total. The fraction of sp³-hybridized carbons (Fsp3) is 0.519. The Labute approximate surface area is 210 Å². The van der Waals surface area contributed by atoms with Crippen molar-refractivity contribution in [2.24, 2.45) is 11.8 Å². The van der Waals surface area contributed by atoms with E-state index in [1.165, 1.54) is 4.90 Å². The standard InChI is InChI=1S/C27H33N3O4S/c1-18(2)29-14-8-12-27-21(24(33)30(15-16-31)22(27)25(29)34)20-23(32)28(13-7-11-26(20,3)35-27)17-19-9-5-4-6-10-19/h4-12,18,20-22,31H,13-17H2,1-3H3/t20-,21-,22?,26+,27-/m0/s1. The van der Waals surface area contributed by atoms with Crippen LogP contribution in [0.5, 0.6) is 0 Å². The molecular formula is C27H33N3O4S. The van der Waals surface area contributed by atoms with Crippen molar-refractivity contribution < 1.29 is 19.5 Å². The van der Waals surface area contributed by atoms with Crippen LogP contribution >= 0.6 is 11.8 Å². The summed E-state index contributed by atoms with van der Waals surface area (Å²) < 4.78 is -1.48. The number of hydrogen-bond donors (Lipinski definition) is 1. The number of carbonyl (C=O) groups is 3. The van der Waals surface area contributed by atoms with Crippen LogP contribution in [0.3, 0.4) is 0 Å². The van der Waals surface area contributed by atoms with Crippen LogP contribution in [0.15, 0.2) is 54.6 Å². The quantitative estimate of drug-likeness (QED) is 0.633. The Bertz CT molecular complexity index is 1090. The molecule has 4 heterocycles. The molecule has 1 N–H and O–H groups in total. The maximum absolute atomic E-state index is 14.1.